The molecule has 3 nitrogen and oxygen atoms in total. The van der Waals surface area contributed by atoms with Crippen LogP contribution >= 0.6 is 0 Å². The number of fused-ring (bicyclic) bond motifs is 1. The molecule has 1 aromatic heterocycles. The Morgan fingerprint density at radius 2 is 1.95 bits per heavy atom. The second-order valence-corrected chi connectivity index (χ2v) is 5.00. The van der Waals surface area contributed by atoms with Gasteiger partial charge in [-0.25, -0.2) is 0 Å². The number of hydrogen-bond donors (Lipinski definition) is 1. The molecule has 3 rings (SSSR count). The van der Waals surface area contributed by atoms with Crippen LogP contribution in [-0.2, 0) is 13.0 Å². The Labute approximate surface area is 124 Å². The quantitative estimate of drug-likeness (QED) is 0.718. The minimum absolute atomic E-state index is 0.793. The predicted molar refractivity (Wildman–Crippen MR) is 86.1 cm³/mol. The van der Waals surface area contributed by atoms with Crippen molar-refractivity contribution in [2.24, 2.45) is 0 Å². The molecule has 0 atom stereocenters. The minimum Gasteiger partial charge on any atom is -0.356 e. The highest BCUT2D eigenvalue weighted by atomic mass is 16.5. The predicted octanol–water partition coefficient (Wildman–Crippen LogP) is 3.94. The third-order valence-electron chi connectivity index (χ3n) is 3.58. The van der Waals surface area contributed by atoms with Crippen molar-refractivity contribution < 1.29 is 4.52 Å². The molecule has 0 aliphatic heterocycles. The Hall–Kier alpha value is -2.39. The molecular formula is C18H18N2O. The topological polar surface area (TPSA) is 38.1 Å². The van der Waals surface area contributed by atoms with Crippen LogP contribution in [-0.4, -0.2) is 12.2 Å². The van der Waals surface area contributed by atoms with E-state index in [1.807, 2.05) is 31.3 Å². The van der Waals surface area contributed by atoms with Gasteiger partial charge in [-0.15, -0.1) is 6.58 Å². The first kappa shape index (κ1) is 13.6. The van der Waals surface area contributed by atoms with Gasteiger partial charge in [-0.3, -0.25) is 0 Å². The van der Waals surface area contributed by atoms with E-state index in [-0.39, 0.29) is 0 Å². The lowest BCUT2D eigenvalue weighted by Gasteiger charge is -2.12. The third-order valence-corrected chi connectivity index (χ3v) is 3.58. The normalized spacial score (nSPS) is 10.9. The average molecular weight is 278 g/mol. The van der Waals surface area contributed by atoms with Crippen LogP contribution in [0.5, 0.6) is 0 Å². The van der Waals surface area contributed by atoms with E-state index in [4.69, 9.17) is 4.52 Å². The lowest BCUT2D eigenvalue weighted by atomic mass is 9.94. The highest BCUT2D eigenvalue weighted by Crippen LogP contribution is 2.33. The standard InChI is InChI=1S/C18H18N2O/c1-3-7-13-8-6-9-14(12-19-2)17(13)18-15-10-4-5-11-16(15)21-20-18/h3-6,8-11,19H,1,7,12H2,2H3. The molecule has 0 aliphatic rings. The van der Waals surface area contributed by atoms with E-state index >= 15 is 0 Å². The summed E-state index contributed by atoms with van der Waals surface area (Å²) in [6, 6.07) is 14.3. The molecule has 2 aromatic carbocycles. The van der Waals surface area contributed by atoms with Gasteiger partial charge in [0.15, 0.2) is 5.58 Å². The molecule has 0 spiro atoms. The fraction of sp³-hybridized carbons (Fsp3) is 0.167. The number of hydrogen-bond acceptors (Lipinski definition) is 3. The van der Waals surface area contributed by atoms with Gasteiger partial charge in [0, 0.05) is 17.5 Å². The molecule has 106 valence electrons. The second kappa shape index (κ2) is 5.94. The summed E-state index contributed by atoms with van der Waals surface area (Å²) in [4.78, 5) is 0. The van der Waals surface area contributed by atoms with E-state index in [1.54, 1.807) is 0 Å². The summed E-state index contributed by atoms with van der Waals surface area (Å²) in [6.07, 6.45) is 2.73. The van der Waals surface area contributed by atoms with Crippen molar-refractivity contribution in [2.45, 2.75) is 13.0 Å². The van der Waals surface area contributed by atoms with Crippen LogP contribution in [0.2, 0.25) is 0 Å². The summed E-state index contributed by atoms with van der Waals surface area (Å²) in [5, 5.41) is 8.58. The molecule has 3 heteroatoms. The summed E-state index contributed by atoms with van der Waals surface area (Å²) in [6.45, 7) is 4.65. The number of allylic oxidation sites excluding steroid dienone is 1. The zero-order valence-electron chi connectivity index (χ0n) is 12.1. The van der Waals surface area contributed by atoms with Gasteiger partial charge in [0.1, 0.15) is 5.69 Å². The Morgan fingerprint density at radius 3 is 2.76 bits per heavy atom. The first-order valence-corrected chi connectivity index (χ1v) is 7.06. The molecule has 0 aliphatic carbocycles. The van der Waals surface area contributed by atoms with E-state index < -0.39 is 0 Å². The van der Waals surface area contributed by atoms with Crippen molar-refractivity contribution in [1.82, 2.24) is 10.5 Å². The highest BCUT2D eigenvalue weighted by Gasteiger charge is 2.16. The van der Waals surface area contributed by atoms with E-state index in [2.05, 4.69) is 41.3 Å². The van der Waals surface area contributed by atoms with Crippen molar-refractivity contribution >= 4 is 11.0 Å². The first-order valence-electron chi connectivity index (χ1n) is 7.06. The van der Waals surface area contributed by atoms with Gasteiger partial charge < -0.3 is 9.84 Å². The monoisotopic (exact) mass is 278 g/mol. The number of nitrogens with one attached hydrogen (secondary N) is 1. The SMILES string of the molecule is C=CCc1cccc(CNC)c1-c1noc2ccccc12. The summed E-state index contributed by atoms with van der Waals surface area (Å²) >= 11 is 0. The Bertz CT molecular complexity index is 774. The van der Waals surface area contributed by atoms with Gasteiger partial charge in [-0.05, 0) is 36.7 Å². The second-order valence-electron chi connectivity index (χ2n) is 5.00. The van der Waals surface area contributed by atoms with E-state index in [1.165, 1.54) is 11.1 Å². The number of para-hydroxylation sites is 1. The van der Waals surface area contributed by atoms with Crippen LogP contribution in [0.3, 0.4) is 0 Å². The van der Waals surface area contributed by atoms with Crippen LogP contribution < -0.4 is 5.32 Å². The fourth-order valence-electron chi connectivity index (χ4n) is 2.69. The van der Waals surface area contributed by atoms with Crippen molar-refractivity contribution in [3.63, 3.8) is 0 Å². The van der Waals surface area contributed by atoms with E-state index in [0.29, 0.717) is 0 Å². The summed E-state index contributed by atoms with van der Waals surface area (Å²) in [5.74, 6) is 0. The van der Waals surface area contributed by atoms with Crippen molar-refractivity contribution in [3.05, 3.63) is 66.2 Å². The van der Waals surface area contributed by atoms with Crippen molar-refractivity contribution in [1.29, 1.82) is 0 Å². The molecule has 1 heterocycles. The van der Waals surface area contributed by atoms with Gasteiger partial charge in [-0.1, -0.05) is 41.6 Å². The molecular weight excluding hydrogens is 260 g/mol. The maximum atomic E-state index is 5.47. The van der Waals surface area contributed by atoms with Crippen molar-refractivity contribution in [3.8, 4) is 11.3 Å². The van der Waals surface area contributed by atoms with Crippen LogP contribution in [0.25, 0.3) is 22.2 Å². The van der Waals surface area contributed by atoms with Crippen LogP contribution in [0, 0.1) is 0 Å². The molecule has 3 aromatic rings. The maximum absolute atomic E-state index is 5.47. The number of benzene rings is 2. The van der Waals surface area contributed by atoms with Gasteiger partial charge in [0.05, 0.1) is 0 Å². The third kappa shape index (κ3) is 2.48. The first-order chi connectivity index (χ1) is 10.3. The van der Waals surface area contributed by atoms with E-state index in [9.17, 15) is 0 Å². The molecule has 1 N–H and O–H groups in total. The number of aromatic nitrogens is 1. The zero-order valence-corrected chi connectivity index (χ0v) is 12.1. The lowest BCUT2D eigenvalue weighted by molar-refractivity contribution is 0.459. The largest absolute Gasteiger partial charge is 0.356 e. The Balaban J connectivity index is 2.26. The van der Waals surface area contributed by atoms with Gasteiger partial charge in [-0.2, -0.15) is 0 Å². The van der Waals surface area contributed by atoms with E-state index in [0.717, 1.165) is 35.2 Å². The molecule has 21 heavy (non-hydrogen) atoms. The molecule has 0 saturated heterocycles. The van der Waals surface area contributed by atoms with Gasteiger partial charge in [0.2, 0.25) is 0 Å². The summed E-state index contributed by atoms with van der Waals surface area (Å²) < 4.78 is 5.47. The molecule has 0 unspecified atom stereocenters. The molecule has 0 bridgehead atoms. The average Bonchev–Trinajstić information content (AvgIpc) is 2.92. The minimum atomic E-state index is 0.793. The number of nitrogens with zero attached hydrogens (tertiary/aromatic N) is 1. The van der Waals surface area contributed by atoms with Crippen LogP contribution in [0.4, 0.5) is 0 Å². The molecule has 0 saturated carbocycles. The number of rotatable bonds is 5. The molecule has 0 fully saturated rings. The van der Waals surface area contributed by atoms with Crippen LogP contribution in [0.1, 0.15) is 11.1 Å². The Kier molecular flexibility index (Phi) is 3.84. The van der Waals surface area contributed by atoms with Gasteiger partial charge >= 0.3 is 0 Å². The summed E-state index contributed by atoms with van der Waals surface area (Å²) in [7, 11) is 1.95. The maximum Gasteiger partial charge on any atom is 0.167 e. The van der Waals surface area contributed by atoms with Gasteiger partial charge in [0.25, 0.3) is 0 Å². The fourth-order valence-corrected chi connectivity index (χ4v) is 2.69. The highest BCUT2D eigenvalue weighted by molar-refractivity contribution is 5.93. The Morgan fingerprint density at radius 1 is 1.14 bits per heavy atom. The molecule has 0 amide bonds. The summed E-state index contributed by atoms with van der Waals surface area (Å²) in [5.41, 5.74) is 5.31. The van der Waals surface area contributed by atoms with Crippen molar-refractivity contribution in [2.75, 3.05) is 7.05 Å². The lowest BCUT2D eigenvalue weighted by Crippen LogP contribution is -2.07. The van der Waals surface area contributed by atoms with Crippen LogP contribution in [0.15, 0.2) is 59.6 Å². The smallest absolute Gasteiger partial charge is 0.167 e. The molecule has 0 radical (unpaired) electrons. The zero-order chi connectivity index (χ0) is 14.7.